The third kappa shape index (κ3) is 1.14. The van der Waals surface area contributed by atoms with Crippen molar-refractivity contribution in [1.29, 1.82) is 0 Å². The topological polar surface area (TPSA) is 35.1 Å². The van der Waals surface area contributed by atoms with Gasteiger partial charge in [-0.2, -0.15) is 0 Å². The van der Waals surface area contributed by atoms with Gasteiger partial charge < -0.3 is 0 Å². The van der Waals surface area contributed by atoms with E-state index >= 15 is 0 Å². The van der Waals surface area contributed by atoms with Crippen molar-refractivity contribution in [3.63, 3.8) is 0 Å². The van der Waals surface area contributed by atoms with Crippen LogP contribution in [0.25, 0.3) is 22.6 Å². The Balaban J connectivity index is 2.22. The molecule has 4 rings (SSSR count). The molecule has 0 N–H and O–H groups in total. The second-order valence-electron chi connectivity index (χ2n) is 4.11. The van der Waals surface area contributed by atoms with Crippen LogP contribution >= 0.6 is 0 Å². The highest BCUT2D eigenvalue weighted by Crippen LogP contribution is 2.22. The van der Waals surface area contributed by atoms with Crippen molar-refractivity contribution < 1.29 is 0 Å². The van der Waals surface area contributed by atoms with E-state index in [9.17, 15) is 0 Å². The molecule has 0 saturated carbocycles. The van der Waals surface area contributed by atoms with Gasteiger partial charge in [0.25, 0.3) is 0 Å². The van der Waals surface area contributed by atoms with E-state index < -0.39 is 0 Å². The highest BCUT2D eigenvalue weighted by Gasteiger charge is 2.12. The molecule has 4 aromatic rings. The van der Waals surface area contributed by atoms with Crippen molar-refractivity contribution in [2.75, 3.05) is 0 Å². The molecule has 0 atom stereocenters. The molecule has 0 fully saturated rings. The summed E-state index contributed by atoms with van der Waals surface area (Å²) in [6, 6.07) is 14.1. The van der Waals surface area contributed by atoms with Crippen molar-refractivity contribution in [3.05, 3.63) is 61.1 Å². The highest BCUT2D eigenvalue weighted by molar-refractivity contribution is 5.82. The van der Waals surface area contributed by atoms with Gasteiger partial charge in [-0.05, 0) is 24.3 Å². The van der Waals surface area contributed by atoms with Gasteiger partial charge in [-0.15, -0.1) is 0 Å². The highest BCUT2D eigenvalue weighted by atomic mass is 15.2. The van der Waals surface area contributed by atoms with E-state index in [0.29, 0.717) is 0 Å². The zero-order valence-electron chi connectivity index (χ0n) is 9.56. The molecule has 0 radical (unpaired) electrons. The quantitative estimate of drug-likeness (QED) is 0.507. The maximum Gasteiger partial charge on any atom is 0.220 e. The number of fused-ring (bicyclic) bond motifs is 3. The molecule has 1 aromatic carbocycles. The van der Waals surface area contributed by atoms with Crippen molar-refractivity contribution in [3.8, 4) is 5.82 Å². The van der Waals surface area contributed by atoms with Crippen LogP contribution in [0.3, 0.4) is 0 Å². The normalized spacial score (nSPS) is 11.3. The van der Waals surface area contributed by atoms with Gasteiger partial charge in [-0.1, -0.05) is 18.2 Å². The standard InChI is InChI=1S/C14H10N4/c1-2-6-12-11(5-1)17-10-9-16-14(17)18(12)13-7-3-4-8-15-13/h1-10H. The molecule has 0 unspecified atom stereocenters. The van der Waals surface area contributed by atoms with Crippen LogP contribution in [0.5, 0.6) is 0 Å². The molecule has 86 valence electrons. The first-order valence-electron chi connectivity index (χ1n) is 5.79. The Hall–Kier alpha value is -2.62. The molecule has 0 bridgehead atoms. The Morgan fingerprint density at radius 3 is 2.44 bits per heavy atom. The molecule has 3 aromatic heterocycles. The summed E-state index contributed by atoms with van der Waals surface area (Å²) >= 11 is 0. The zero-order valence-corrected chi connectivity index (χ0v) is 9.56. The van der Waals surface area contributed by atoms with Gasteiger partial charge in [-0.3, -0.25) is 8.97 Å². The first-order valence-corrected chi connectivity index (χ1v) is 5.79. The number of pyridine rings is 1. The molecular weight excluding hydrogens is 224 g/mol. The van der Waals surface area contributed by atoms with E-state index in [-0.39, 0.29) is 0 Å². The number of aromatic nitrogens is 4. The molecule has 0 aliphatic rings. The average Bonchev–Trinajstić information content (AvgIpc) is 2.99. The van der Waals surface area contributed by atoms with E-state index in [2.05, 4.69) is 31.1 Å². The van der Waals surface area contributed by atoms with Crippen LogP contribution in [-0.2, 0) is 0 Å². The summed E-state index contributed by atoms with van der Waals surface area (Å²) in [6.45, 7) is 0. The smallest absolute Gasteiger partial charge is 0.220 e. The fourth-order valence-corrected chi connectivity index (χ4v) is 2.33. The van der Waals surface area contributed by atoms with E-state index in [0.717, 1.165) is 22.6 Å². The lowest BCUT2D eigenvalue weighted by Gasteiger charge is -2.02. The Bertz CT molecular complexity index is 827. The summed E-state index contributed by atoms with van der Waals surface area (Å²) in [4.78, 5) is 8.83. The van der Waals surface area contributed by atoms with Gasteiger partial charge in [0.05, 0.1) is 11.0 Å². The van der Waals surface area contributed by atoms with Gasteiger partial charge in [0.2, 0.25) is 5.78 Å². The van der Waals surface area contributed by atoms with Crippen molar-refractivity contribution in [2.45, 2.75) is 0 Å². The number of nitrogens with zero attached hydrogens (tertiary/aromatic N) is 4. The Labute approximate surface area is 103 Å². The lowest BCUT2D eigenvalue weighted by atomic mass is 10.3. The van der Waals surface area contributed by atoms with Gasteiger partial charge in [0.1, 0.15) is 5.82 Å². The molecule has 4 heteroatoms. The lowest BCUT2D eigenvalue weighted by Crippen LogP contribution is -1.97. The van der Waals surface area contributed by atoms with Gasteiger partial charge in [-0.25, -0.2) is 9.97 Å². The van der Waals surface area contributed by atoms with Crippen LogP contribution in [0.15, 0.2) is 61.1 Å². The third-order valence-electron chi connectivity index (χ3n) is 3.08. The molecular formula is C14H10N4. The fourth-order valence-electron chi connectivity index (χ4n) is 2.33. The van der Waals surface area contributed by atoms with Crippen LogP contribution in [0, 0.1) is 0 Å². The summed E-state index contributed by atoms with van der Waals surface area (Å²) in [6.07, 6.45) is 5.57. The molecule has 0 aliphatic heterocycles. The van der Waals surface area contributed by atoms with E-state index in [4.69, 9.17) is 0 Å². The lowest BCUT2D eigenvalue weighted by molar-refractivity contribution is 1.04. The van der Waals surface area contributed by atoms with E-state index in [1.54, 1.807) is 12.4 Å². The largest absolute Gasteiger partial charge is 0.283 e. The summed E-state index contributed by atoms with van der Waals surface area (Å²) in [5.41, 5.74) is 2.25. The van der Waals surface area contributed by atoms with E-state index in [1.807, 2.05) is 36.5 Å². The number of imidazole rings is 2. The number of hydrogen-bond acceptors (Lipinski definition) is 2. The van der Waals surface area contributed by atoms with Gasteiger partial charge >= 0.3 is 0 Å². The summed E-state index contributed by atoms with van der Waals surface area (Å²) in [7, 11) is 0. The molecule has 4 nitrogen and oxygen atoms in total. The monoisotopic (exact) mass is 234 g/mol. The average molecular weight is 234 g/mol. The predicted molar refractivity (Wildman–Crippen MR) is 69.8 cm³/mol. The molecule has 0 saturated heterocycles. The summed E-state index contributed by atoms with van der Waals surface area (Å²) < 4.78 is 4.14. The maximum atomic E-state index is 4.42. The van der Waals surface area contributed by atoms with Crippen LogP contribution in [0.4, 0.5) is 0 Å². The number of hydrogen-bond donors (Lipinski definition) is 0. The third-order valence-corrected chi connectivity index (χ3v) is 3.08. The van der Waals surface area contributed by atoms with Crippen LogP contribution in [0.1, 0.15) is 0 Å². The van der Waals surface area contributed by atoms with E-state index in [1.165, 1.54) is 0 Å². The van der Waals surface area contributed by atoms with Gasteiger partial charge in [0, 0.05) is 18.6 Å². The SMILES string of the molecule is c1ccc(-n2c3ccccc3n3ccnc23)nc1. The molecule has 0 amide bonds. The number of benzene rings is 1. The van der Waals surface area contributed by atoms with Crippen LogP contribution < -0.4 is 0 Å². The first kappa shape index (κ1) is 9.41. The Morgan fingerprint density at radius 1 is 0.778 bits per heavy atom. The van der Waals surface area contributed by atoms with Crippen molar-refractivity contribution >= 4 is 16.8 Å². The van der Waals surface area contributed by atoms with Crippen LogP contribution in [0.2, 0.25) is 0 Å². The first-order chi connectivity index (χ1) is 8.95. The van der Waals surface area contributed by atoms with Crippen LogP contribution in [-0.4, -0.2) is 18.9 Å². The number of rotatable bonds is 1. The molecule has 0 aliphatic carbocycles. The minimum Gasteiger partial charge on any atom is -0.283 e. The predicted octanol–water partition coefficient (Wildman–Crippen LogP) is 2.67. The minimum absolute atomic E-state index is 0.884. The van der Waals surface area contributed by atoms with Gasteiger partial charge in [0.15, 0.2) is 0 Å². The Morgan fingerprint density at radius 2 is 1.61 bits per heavy atom. The molecule has 18 heavy (non-hydrogen) atoms. The second-order valence-corrected chi connectivity index (χ2v) is 4.11. The summed E-state index contributed by atoms with van der Waals surface area (Å²) in [5, 5.41) is 0. The Kier molecular flexibility index (Phi) is 1.80. The second kappa shape index (κ2) is 3.43. The zero-order chi connectivity index (χ0) is 11.9. The number of para-hydroxylation sites is 2. The fraction of sp³-hybridized carbons (Fsp3) is 0. The summed E-state index contributed by atoms with van der Waals surface area (Å²) in [5.74, 6) is 1.77. The van der Waals surface area contributed by atoms with Crippen molar-refractivity contribution in [2.24, 2.45) is 0 Å². The molecule has 0 spiro atoms. The molecule has 3 heterocycles. The van der Waals surface area contributed by atoms with Crippen molar-refractivity contribution in [1.82, 2.24) is 18.9 Å². The minimum atomic E-state index is 0.884. The maximum absolute atomic E-state index is 4.42.